The van der Waals surface area contributed by atoms with Crippen LogP contribution in [0, 0.1) is 0 Å². The molecule has 0 spiro atoms. The summed E-state index contributed by atoms with van der Waals surface area (Å²) >= 11 is 0. The first-order valence-electron chi connectivity index (χ1n) is 13.2. The summed E-state index contributed by atoms with van der Waals surface area (Å²) < 4.78 is 0. The van der Waals surface area contributed by atoms with E-state index in [0.29, 0.717) is 78.0 Å². The topological polar surface area (TPSA) is 147 Å². The fourth-order valence-electron chi connectivity index (χ4n) is 3.42. The minimum Gasteiger partial charge on any atom is -0.359 e. The minimum atomic E-state index is 0.00211. The zero-order chi connectivity index (χ0) is 27.0. The second-order valence-electron chi connectivity index (χ2n) is 8.44. The molecule has 0 unspecified atom stereocenters. The molecule has 0 fully saturated rings. The van der Waals surface area contributed by atoms with Gasteiger partial charge in [0, 0.05) is 118 Å². The van der Waals surface area contributed by atoms with Gasteiger partial charge in [-0.15, -0.1) is 0 Å². The number of carbonyl (C=O) groups is 4. The fourth-order valence-corrected chi connectivity index (χ4v) is 3.42. The van der Waals surface area contributed by atoms with Crippen LogP contribution < -0.4 is 31.9 Å². The standard InChI is InChI=1S/C24H50N8O4/c1-5-29-23(35)9-15-31(17-13-27-11-7-21(33)25-3)19-20-32(16-10-24(36)30-6-2)18-14-28-12-8-22(34)26-4/h27-28H,5-20H2,1-4H3,(H,25,33)(H,26,34)(H,29,35)(H,30,36). The SMILES string of the molecule is CCNC(=O)CCN(CCNCCC(=O)NC)CCN(CCNCCC(=O)NC)CCC(=O)NCC. The molecule has 0 atom stereocenters. The molecule has 4 amide bonds. The molecule has 0 aromatic carbocycles. The monoisotopic (exact) mass is 514 g/mol. The van der Waals surface area contributed by atoms with E-state index in [-0.39, 0.29) is 23.6 Å². The summed E-state index contributed by atoms with van der Waals surface area (Å²) in [6.45, 7) is 11.9. The first kappa shape index (κ1) is 33.7. The van der Waals surface area contributed by atoms with Gasteiger partial charge in [0.15, 0.2) is 0 Å². The molecule has 0 aromatic rings. The summed E-state index contributed by atoms with van der Waals surface area (Å²) in [5, 5.41) is 17.5. The molecule has 0 saturated carbocycles. The summed E-state index contributed by atoms with van der Waals surface area (Å²) in [5.41, 5.74) is 0. The molecule has 0 aliphatic carbocycles. The van der Waals surface area contributed by atoms with Crippen molar-refractivity contribution in [3.63, 3.8) is 0 Å². The second-order valence-corrected chi connectivity index (χ2v) is 8.44. The van der Waals surface area contributed by atoms with Crippen molar-refractivity contribution in [2.45, 2.75) is 39.5 Å². The minimum absolute atomic E-state index is 0.00211. The Labute approximate surface area is 217 Å². The molecule has 0 heterocycles. The number of nitrogens with one attached hydrogen (secondary N) is 6. The van der Waals surface area contributed by atoms with Crippen molar-refractivity contribution in [1.82, 2.24) is 41.7 Å². The Balaban J connectivity index is 4.78. The highest BCUT2D eigenvalue weighted by atomic mass is 16.2. The van der Waals surface area contributed by atoms with Crippen LogP contribution in [-0.2, 0) is 19.2 Å². The van der Waals surface area contributed by atoms with Crippen molar-refractivity contribution < 1.29 is 19.2 Å². The average Bonchev–Trinajstić information content (AvgIpc) is 2.87. The molecule has 0 rings (SSSR count). The van der Waals surface area contributed by atoms with Crippen LogP contribution in [0.5, 0.6) is 0 Å². The van der Waals surface area contributed by atoms with Crippen molar-refractivity contribution >= 4 is 23.6 Å². The van der Waals surface area contributed by atoms with Gasteiger partial charge in [0.05, 0.1) is 0 Å². The number of hydrogen-bond acceptors (Lipinski definition) is 8. The Kier molecular flexibility index (Phi) is 21.7. The molecule has 0 aliphatic rings. The first-order chi connectivity index (χ1) is 17.4. The summed E-state index contributed by atoms with van der Waals surface area (Å²) in [6, 6.07) is 0. The molecule has 0 aromatic heterocycles. The average molecular weight is 515 g/mol. The van der Waals surface area contributed by atoms with Gasteiger partial charge in [-0.05, 0) is 13.8 Å². The van der Waals surface area contributed by atoms with Crippen LogP contribution in [0.3, 0.4) is 0 Å². The van der Waals surface area contributed by atoms with Crippen LogP contribution in [0.15, 0.2) is 0 Å². The van der Waals surface area contributed by atoms with Gasteiger partial charge < -0.3 is 41.7 Å². The molecule has 12 heteroatoms. The predicted molar refractivity (Wildman–Crippen MR) is 143 cm³/mol. The lowest BCUT2D eigenvalue weighted by molar-refractivity contribution is -0.122. The van der Waals surface area contributed by atoms with E-state index < -0.39 is 0 Å². The fraction of sp³-hybridized carbons (Fsp3) is 0.833. The van der Waals surface area contributed by atoms with Crippen molar-refractivity contribution in [3.8, 4) is 0 Å². The highest BCUT2D eigenvalue weighted by Crippen LogP contribution is 1.98. The Morgan fingerprint density at radius 3 is 1.22 bits per heavy atom. The highest BCUT2D eigenvalue weighted by Gasteiger charge is 2.13. The third kappa shape index (κ3) is 20.0. The van der Waals surface area contributed by atoms with Crippen molar-refractivity contribution in [1.29, 1.82) is 0 Å². The third-order valence-corrected chi connectivity index (χ3v) is 5.62. The Morgan fingerprint density at radius 2 is 0.889 bits per heavy atom. The Bertz CT molecular complexity index is 569. The Morgan fingerprint density at radius 1 is 0.500 bits per heavy atom. The van der Waals surface area contributed by atoms with Crippen molar-refractivity contribution in [2.24, 2.45) is 0 Å². The van der Waals surface area contributed by atoms with E-state index in [9.17, 15) is 19.2 Å². The van der Waals surface area contributed by atoms with Gasteiger partial charge in [0.2, 0.25) is 23.6 Å². The van der Waals surface area contributed by atoms with Crippen molar-refractivity contribution in [3.05, 3.63) is 0 Å². The second kappa shape index (κ2) is 23.1. The van der Waals surface area contributed by atoms with Crippen LogP contribution in [0.2, 0.25) is 0 Å². The van der Waals surface area contributed by atoms with E-state index in [0.717, 1.165) is 26.2 Å². The van der Waals surface area contributed by atoms with E-state index >= 15 is 0 Å². The lowest BCUT2D eigenvalue weighted by atomic mass is 10.3. The molecule has 0 bridgehead atoms. The maximum absolute atomic E-state index is 12.0. The molecule has 0 radical (unpaired) electrons. The molecule has 210 valence electrons. The van der Waals surface area contributed by atoms with Gasteiger partial charge in [0.25, 0.3) is 0 Å². The van der Waals surface area contributed by atoms with E-state index in [2.05, 4.69) is 41.7 Å². The van der Waals surface area contributed by atoms with Crippen LogP contribution in [0.1, 0.15) is 39.5 Å². The maximum Gasteiger partial charge on any atom is 0.221 e. The van der Waals surface area contributed by atoms with Gasteiger partial charge >= 0.3 is 0 Å². The molecule has 12 nitrogen and oxygen atoms in total. The summed E-state index contributed by atoms with van der Waals surface area (Å²) in [4.78, 5) is 51.2. The predicted octanol–water partition coefficient (Wildman–Crippen LogP) is -1.91. The Hall–Kier alpha value is -2.28. The van der Waals surface area contributed by atoms with Crippen molar-refractivity contribution in [2.75, 3.05) is 92.6 Å². The maximum atomic E-state index is 12.0. The zero-order valence-electron chi connectivity index (χ0n) is 22.8. The van der Waals surface area contributed by atoms with Gasteiger partial charge in [-0.1, -0.05) is 0 Å². The van der Waals surface area contributed by atoms with Crippen LogP contribution >= 0.6 is 0 Å². The number of rotatable bonds is 23. The molecule has 0 saturated heterocycles. The lowest BCUT2D eigenvalue weighted by Crippen LogP contribution is -2.43. The van der Waals surface area contributed by atoms with Gasteiger partial charge in [-0.2, -0.15) is 0 Å². The smallest absolute Gasteiger partial charge is 0.221 e. The van der Waals surface area contributed by atoms with Gasteiger partial charge in [0.1, 0.15) is 0 Å². The van der Waals surface area contributed by atoms with E-state index in [4.69, 9.17) is 0 Å². The molecular formula is C24H50N8O4. The number of amides is 4. The van der Waals surface area contributed by atoms with E-state index in [1.165, 1.54) is 0 Å². The number of carbonyl (C=O) groups excluding carboxylic acids is 4. The van der Waals surface area contributed by atoms with Gasteiger partial charge in [-0.25, -0.2) is 0 Å². The summed E-state index contributed by atoms with van der Waals surface area (Å²) in [5.74, 6) is 0.0662. The molecule has 6 N–H and O–H groups in total. The zero-order valence-corrected chi connectivity index (χ0v) is 22.8. The van der Waals surface area contributed by atoms with Gasteiger partial charge in [-0.3, -0.25) is 19.2 Å². The number of hydrogen-bond donors (Lipinski definition) is 6. The summed E-state index contributed by atoms with van der Waals surface area (Å²) in [6.07, 6.45) is 1.70. The number of nitrogens with zero attached hydrogens (tertiary/aromatic N) is 2. The largest absolute Gasteiger partial charge is 0.359 e. The first-order valence-corrected chi connectivity index (χ1v) is 13.2. The highest BCUT2D eigenvalue weighted by molar-refractivity contribution is 5.76. The van der Waals surface area contributed by atoms with Crippen LogP contribution in [0.25, 0.3) is 0 Å². The molecule has 0 aliphatic heterocycles. The normalized spacial score (nSPS) is 10.9. The summed E-state index contributed by atoms with van der Waals surface area (Å²) in [7, 11) is 3.25. The molecular weight excluding hydrogens is 464 g/mol. The lowest BCUT2D eigenvalue weighted by Gasteiger charge is -2.28. The third-order valence-electron chi connectivity index (χ3n) is 5.62. The quantitative estimate of drug-likeness (QED) is 0.0867. The van der Waals surface area contributed by atoms with E-state index in [1.54, 1.807) is 14.1 Å². The molecule has 36 heavy (non-hydrogen) atoms. The van der Waals surface area contributed by atoms with E-state index in [1.807, 2.05) is 13.8 Å². The van der Waals surface area contributed by atoms with Crippen LogP contribution in [0.4, 0.5) is 0 Å². The van der Waals surface area contributed by atoms with Crippen LogP contribution in [-0.4, -0.2) is 126 Å².